The summed E-state index contributed by atoms with van der Waals surface area (Å²) in [6, 6.07) is 31.1. The SMILES string of the molecule is O=C1C=C(c2ccccc2)NC2C(c3ccccc3)C(Cc3ccccc3)NN12. The van der Waals surface area contributed by atoms with E-state index < -0.39 is 0 Å². The summed E-state index contributed by atoms with van der Waals surface area (Å²) in [4.78, 5) is 13.0. The van der Waals surface area contributed by atoms with Crippen molar-refractivity contribution in [2.75, 3.05) is 0 Å². The Hall–Kier alpha value is -3.37. The largest absolute Gasteiger partial charge is 0.363 e. The van der Waals surface area contributed by atoms with Crippen LogP contribution in [0, 0.1) is 0 Å². The summed E-state index contributed by atoms with van der Waals surface area (Å²) >= 11 is 0. The first-order valence-electron chi connectivity index (χ1n) is 10.0. The Bertz CT molecular complexity index is 1020. The number of hydrogen-bond donors (Lipinski definition) is 2. The zero-order valence-corrected chi connectivity index (χ0v) is 16.0. The Morgan fingerprint density at radius 1 is 0.793 bits per heavy atom. The van der Waals surface area contributed by atoms with Gasteiger partial charge in [0.05, 0.1) is 0 Å². The Morgan fingerprint density at radius 2 is 1.41 bits per heavy atom. The van der Waals surface area contributed by atoms with E-state index in [1.165, 1.54) is 11.1 Å². The van der Waals surface area contributed by atoms with Gasteiger partial charge >= 0.3 is 0 Å². The highest BCUT2D eigenvalue weighted by molar-refractivity contribution is 5.96. The van der Waals surface area contributed by atoms with Crippen LogP contribution in [0.2, 0.25) is 0 Å². The van der Waals surface area contributed by atoms with Gasteiger partial charge < -0.3 is 5.32 Å². The number of fused-ring (bicyclic) bond motifs is 1. The molecule has 0 saturated carbocycles. The molecular formula is C25H23N3O. The summed E-state index contributed by atoms with van der Waals surface area (Å²) in [6.45, 7) is 0. The maximum Gasteiger partial charge on any atom is 0.264 e. The quantitative estimate of drug-likeness (QED) is 0.724. The van der Waals surface area contributed by atoms with Crippen LogP contribution in [0.3, 0.4) is 0 Å². The molecule has 2 N–H and O–H groups in total. The molecule has 0 bridgehead atoms. The van der Waals surface area contributed by atoms with Crippen LogP contribution in [0.15, 0.2) is 97.1 Å². The molecule has 29 heavy (non-hydrogen) atoms. The molecule has 3 unspecified atom stereocenters. The zero-order valence-electron chi connectivity index (χ0n) is 16.0. The third kappa shape index (κ3) is 3.43. The van der Waals surface area contributed by atoms with Crippen molar-refractivity contribution in [3.05, 3.63) is 114 Å². The molecule has 1 amide bonds. The number of rotatable bonds is 4. The fraction of sp³-hybridized carbons (Fsp3) is 0.160. The van der Waals surface area contributed by atoms with Crippen LogP contribution in [0.25, 0.3) is 5.70 Å². The lowest BCUT2D eigenvalue weighted by atomic mass is 9.86. The second-order valence-corrected chi connectivity index (χ2v) is 7.58. The first kappa shape index (κ1) is 17.7. The number of hydrazine groups is 1. The van der Waals surface area contributed by atoms with Crippen molar-refractivity contribution in [3.63, 3.8) is 0 Å². The molecule has 5 rings (SSSR count). The summed E-state index contributed by atoms with van der Waals surface area (Å²) in [5.41, 5.74) is 7.87. The van der Waals surface area contributed by atoms with Crippen LogP contribution in [0.1, 0.15) is 22.6 Å². The van der Waals surface area contributed by atoms with Gasteiger partial charge in [-0.1, -0.05) is 91.0 Å². The molecule has 0 spiro atoms. The summed E-state index contributed by atoms with van der Waals surface area (Å²) < 4.78 is 0. The molecule has 2 heterocycles. The highest BCUT2D eigenvalue weighted by Crippen LogP contribution is 2.36. The Labute approximate surface area is 170 Å². The van der Waals surface area contributed by atoms with E-state index in [1.54, 1.807) is 11.1 Å². The second kappa shape index (κ2) is 7.57. The van der Waals surface area contributed by atoms with Crippen molar-refractivity contribution in [3.8, 4) is 0 Å². The minimum Gasteiger partial charge on any atom is -0.363 e. The molecule has 3 aromatic carbocycles. The van der Waals surface area contributed by atoms with Gasteiger partial charge in [-0.2, -0.15) is 0 Å². The third-order valence-electron chi connectivity index (χ3n) is 5.73. The maximum atomic E-state index is 13.0. The second-order valence-electron chi connectivity index (χ2n) is 7.58. The molecule has 2 aliphatic heterocycles. The Kier molecular flexibility index (Phi) is 4.62. The van der Waals surface area contributed by atoms with Gasteiger partial charge in [-0.25, -0.2) is 5.43 Å². The minimum absolute atomic E-state index is 0.0101. The fourth-order valence-electron chi connectivity index (χ4n) is 4.38. The van der Waals surface area contributed by atoms with Gasteiger partial charge in [0.2, 0.25) is 0 Å². The smallest absolute Gasteiger partial charge is 0.264 e. The number of nitrogens with zero attached hydrogens (tertiary/aromatic N) is 1. The first-order valence-corrected chi connectivity index (χ1v) is 10.0. The maximum absolute atomic E-state index is 13.0. The summed E-state index contributed by atoms with van der Waals surface area (Å²) in [5, 5.41) is 5.39. The molecule has 1 fully saturated rings. The van der Waals surface area contributed by atoms with Gasteiger partial charge in [-0.05, 0) is 23.1 Å². The van der Waals surface area contributed by atoms with Crippen LogP contribution < -0.4 is 10.7 Å². The van der Waals surface area contributed by atoms with Crippen molar-refractivity contribution in [1.29, 1.82) is 0 Å². The topological polar surface area (TPSA) is 44.4 Å². The number of carbonyl (C=O) groups excluding carboxylic acids is 1. The van der Waals surface area contributed by atoms with E-state index in [2.05, 4.69) is 59.3 Å². The average Bonchev–Trinajstić information content (AvgIpc) is 3.14. The van der Waals surface area contributed by atoms with Gasteiger partial charge in [0.15, 0.2) is 0 Å². The number of nitrogens with one attached hydrogen (secondary N) is 2. The number of amides is 1. The summed E-state index contributed by atoms with van der Waals surface area (Å²) in [6.07, 6.45) is 2.40. The fourth-order valence-corrected chi connectivity index (χ4v) is 4.38. The standard InChI is InChI=1S/C25H23N3O/c29-23-17-21(19-12-6-2-7-13-19)26-25-24(20-14-8-3-9-15-20)22(27-28(23)25)16-18-10-4-1-5-11-18/h1-15,17,22,24-27H,16H2. The van der Waals surface area contributed by atoms with E-state index in [0.717, 1.165) is 17.7 Å². The first-order chi connectivity index (χ1) is 14.3. The highest BCUT2D eigenvalue weighted by atomic mass is 16.2. The number of hydrogen-bond acceptors (Lipinski definition) is 3. The van der Waals surface area contributed by atoms with Gasteiger partial charge in [-0.15, -0.1) is 0 Å². The summed E-state index contributed by atoms with van der Waals surface area (Å²) in [5.74, 6) is 0.122. The van der Waals surface area contributed by atoms with Crippen LogP contribution in [0.5, 0.6) is 0 Å². The zero-order chi connectivity index (χ0) is 19.6. The molecule has 4 heteroatoms. The molecule has 4 nitrogen and oxygen atoms in total. The van der Waals surface area contributed by atoms with Crippen molar-refractivity contribution < 1.29 is 4.79 Å². The number of benzene rings is 3. The van der Waals surface area contributed by atoms with Crippen LogP contribution >= 0.6 is 0 Å². The van der Waals surface area contributed by atoms with Gasteiger partial charge in [0.25, 0.3) is 5.91 Å². The molecule has 0 aromatic heterocycles. The summed E-state index contributed by atoms with van der Waals surface area (Å²) in [7, 11) is 0. The van der Waals surface area contributed by atoms with E-state index in [9.17, 15) is 4.79 Å². The van der Waals surface area contributed by atoms with E-state index in [0.29, 0.717) is 0 Å². The Morgan fingerprint density at radius 3 is 2.10 bits per heavy atom. The lowest BCUT2D eigenvalue weighted by Gasteiger charge is -2.33. The van der Waals surface area contributed by atoms with Crippen molar-refractivity contribution in [2.45, 2.75) is 24.5 Å². The predicted molar refractivity (Wildman–Crippen MR) is 114 cm³/mol. The van der Waals surface area contributed by atoms with Crippen molar-refractivity contribution in [1.82, 2.24) is 15.8 Å². The third-order valence-corrected chi connectivity index (χ3v) is 5.73. The van der Waals surface area contributed by atoms with Crippen LogP contribution in [-0.4, -0.2) is 23.1 Å². The molecule has 0 aliphatic carbocycles. The average molecular weight is 381 g/mol. The minimum atomic E-state index is -0.140. The predicted octanol–water partition coefficient (Wildman–Crippen LogP) is 3.70. The molecule has 3 aromatic rings. The Balaban J connectivity index is 1.50. The van der Waals surface area contributed by atoms with Crippen LogP contribution in [0.4, 0.5) is 0 Å². The van der Waals surface area contributed by atoms with Crippen molar-refractivity contribution in [2.24, 2.45) is 0 Å². The molecule has 0 radical (unpaired) electrons. The van der Waals surface area contributed by atoms with Crippen molar-refractivity contribution >= 4 is 11.6 Å². The number of carbonyl (C=O) groups is 1. The molecule has 144 valence electrons. The molecule has 3 atom stereocenters. The highest BCUT2D eigenvalue weighted by Gasteiger charge is 2.46. The molecule has 2 aliphatic rings. The van der Waals surface area contributed by atoms with E-state index in [4.69, 9.17) is 0 Å². The van der Waals surface area contributed by atoms with Crippen LogP contribution in [-0.2, 0) is 11.2 Å². The molecular weight excluding hydrogens is 358 g/mol. The normalized spacial score (nSPS) is 23.3. The van der Waals surface area contributed by atoms with Gasteiger partial charge in [0.1, 0.15) is 6.17 Å². The van der Waals surface area contributed by atoms with Gasteiger partial charge in [0, 0.05) is 23.7 Å². The monoisotopic (exact) mass is 381 g/mol. The van der Waals surface area contributed by atoms with Gasteiger partial charge in [-0.3, -0.25) is 9.80 Å². The van der Waals surface area contributed by atoms with E-state index in [1.807, 2.05) is 42.5 Å². The van der Waals surface area contributed by atoms with E-state index in [-0.39, 0.29) is 24.0 Å². The lowest BCUT2D eigenvalue weighted by molar-refractivity contribution is -0.131. The lowest BCUT2D eigenvalue weighted by Crippen LogP contribution is -2.52. The van der Waals surface area contributed by atoms with E-state index >= 15 is 0 Å². The molecule has 1 saturated heterocycles.